The van der Waals surface area contributed by atoms with Gasteiger partial charge >= 0.3 is 11.9 Å². The Labute approximate surface area is 238 Å². The van der Waals surface area contributed by atoms with Crippen molar-refractivity contribution in [2.75, 3.05) is 23.8 Å². The third kappa shape index (κ3) is 5.50. The summed E-state index contributed by atoms with van der Waals surface area (Å²) in [5.41, 5.74) is 9.03. The molecule has 3 aromatic carbocycles. The maximum atomic E-state index is 13.2. The molecule has 4 rings (SSSR count). The molecule has 0 spiro atoms. The molecule has 0 aliphatic carbocycles. The first kappa shape index (κ1) is 28.9. The van der Waals surface area contributed by atoms with Gasteiger partial charge in [0.2, 0.25) is 0 Å². The van der Waals surface area contributed by atoms with Crippen molar-refractivity contribution in [3.05, 3.63) is 112 Å². The van der Waals surface area contributed by atoms with Gasteiger partial charge in [-0.05, 0) is 55.3 Å². The van der Waals surface area contributed by atoms with E-state index in [0.717, 1.165) is 25.3 Å². The lowest BCUT2D eigenvalue weighted by atomic mass is 9.81. The van der Waals surface area contributed by atoms with Gasteiger partial charge in [-0.1, -0.05) is 48.0 Å². The number of nitrogens with one attached hydrogen (secondary N) is 1. The van der Waals surface area contributed by atoms with E-state index in [1.807, 2.05) is 13.0 Å². The molecule has 0 amide bonds. The summed E-state index contributed by atoms with van der Waals surface area (Å²) in [6.07, 6.45) is 0. The molecule has 0 radical (unpaired) electrons. The van der Waals surface area contributed by atoms with Crippen LogP contribution in [0.25, 0.3) is 0 Å². The smallest absolute Gasteiger partial charge is 0.355 e. The minimum absolute atomic E-state index is 0.00235. The molecule has 0 fully saturated rings. The molecule has 0 bridgehead atoms. The van der Waals surface area contributed by atoms with Gasteiger partial charge in [0.1, 0.15) is 11.5 Å². The van der Waals surface area contributed by atoms with Crippen LogP contribution < -0.4 is 15.4 Å². The zero-order chi connectivity index (χ0) is 29.9. The Bertz CT molecular complexity index is 1720. The number of esters is 2. The highest BCUT2D eigenvalue weighted by atomic mass is 32.2. The van der Waals surface area contributed by atoms with Crippen molar-refractivity contribution in [1.29, 1.82) is 5.26 Å². The van der Waals surface area contributed by atoms with Gasteiger partial charge < -0.3 is 15.2 Å². The highest BCUT2D eigenvalue weighted by molar-refractivity contribution is 7.92. The highest BCUT2D eigenvalue weighted by Gasteiger charge is 2.43. The van der Waals surface area contributed by atoms with Gasteiger partial charge in [0, 0.05) is 5.69 Å². The summed E-state index contributed by atoms with van der Waals surface area (Å²) in [6.45, 7) is 3.71. The van der Waals surface area contributed by atoms with Crippen molar-refractivity contribution in [1.82, 2.24) is 0 Å². The molecule has 10 nitrogen and oxygen atoms in total. The van der Waals surface area contributed by atoms with Gasteiger partial charge in [-0.3, -0.25) is 9.62 Å². The van der Waals surface area contributed by atoms with Crippen LogP contribution in [0.2, 0.25) is 0 Å². The third-order valence-corrected chi connectivity index (χ3v) is 8.02. The maximum Gasteiger partial charge on any atom is 0.355 e. The molecule has 41 heavy (non-hydrogen) atoms. The highest BCUT2D eigenvalue weighted by Crippen LogP contribution is 2.43. The molecule has 0 aromatic heterocycles. The molecule has 11 heteroatoms. The van der Waals surface area contributed by atoms with Gasteiger partial charge in [-0.15, -0.1) is 0 Å². The molecule has 0 saturated heterocycles. The van der Waals surface area contributed by atoms with Crippen LogP contribution in [0, 0.1) is 25.2 Å². The van der Waals surface area contributed by atoms with Crippen molar-refractivity contribution < 1.29 is 27.5 Å². The Morgan fingerprint density at radius 2 is 1.59 bits per heavy atom. The number of benzene rings is 3. The number of sulfonamides is 1. The van der Waals surface area contributed by atoms with E-state index in [1.54, 1.807) is 49.4 Å². The number of carbonyl (C=O) groups excluding carboxylic acids is 2. The Kier molecular flexibility index (Phi) is 8.16. The predicted molar refractivity (Wildman–Crippen MR) is 153 cm³/mol. The fourth-order valence-corrected chi connectivity index (χ4v) is 5.82. The zero-order valence-corrected chi connectivity index (χ0v) is 23.7. The average Bonchev–Trinajstić information content (AvgIpc) is 2.97. The quantitative estimate of drug-likeness (QED) is 0.400. The fraction of sp³-hybridized carbons (Fsp3) is 0.167. The number of hydrogen-bond donors (Lipinski definition) is 2. The molecule has 1 atom stereocenters. The number of nitrogens with zero attached hydrogens (tertiary/aromatic N) is 2. The second-order valence-electron chi connectivity index (χ2n) is 9.25. The number of methoxy groups -OCH3 is 2. The lowest BCUT2D eigenvalue weighted by Gasteiger charge is -2.35. The SMILES string of the molecule is COC(=O)C1=C(C(=O)OC)N(c2ccc(S(=O)(=O)Nc3ccc(C)cc3C)cc2)C(N)=C(C#N)C1c1ccccc1. The van der Waals surface area contributed by atoms with Crippen LogP contribution in [-0.4, -0.2) is 34.6 Å². The lowest BCUT2D eigenvalue weighted by Crippen LogP contribution is -2.40. The van der Waals surface area contributed by atoms with Gasteiger partial charge in [0.05, 0.1) is 47.9 Å². The van der Waals surface area contributed by atoms with E-state index in [0.29, 0.717) is 11.3 Å². The largest absolute Gasteiger partial charge is 0.466 e. The number of nitriles is 1. The summed E-state index contributed by atoms with van der Waals surface area (Å²) in [5, 5.41) is 10.1. The standard InChI is InChI=1S/C30H28N4O6S/c1-18-10-15-24(19(2)16-18)33-41(37,38)22-13-11-21(12-14-22)34-27(30(36)40-4)26(29(35)39-3)25(23(17-31)28(34)32)20-8-6-5-7-9-20/h5-16,25,33H,32H2,1-4H3. The van der Waals surface area contributed by atoms with Crippen LogP contribution in [0.5, 0.6) is 0 Å². The molecule has 1 aliphatic heterocycles. The van der Waals surface area contributed by atoms with Crippen LogP contribution in [0.3, 0.4) is 0 Å². The van der Waals surface area contributed by atoms with Crippen LogP contribution in [0.1, 0.15) is 22.6 Å². The molecular formula is C30H28N4O6S. The van der Waals surface area contributed by atoms with E-state index >= 15 is 0 Å². The number of carbonyl (C=O) groups is 2. The first-order valence-corrected chi connectivity index (χ1v) is 13.9. The molecule has 1 aliphatic rings. The number of allylic oxidation sites excluding steroid dienone is 1. The lowest BCUT2D eigenvalue weighted by molar-refractivity contribution is -0.139. The normalized spacial score (nSPS) is 15.3. The number of nitrogens with two attached hydrogens (primary N) is 1. The summed E-state index contributed by atoms with van der Waals surface area (Å²) in [4.78, 5) is 27.5. The van der Waals surface area contributed by atoms with Crippen molar-refractivity contribution in [2.24, 2.45) is 5.73 Å². The number of anilines is 2. The molecule has 3 N–H and O–H groups in total. The average molecular weight is 573 g/mol. The van der Waals surface area contributed by atoms with Gasteiger partial charge in [0.25, 0.3) is 10.0 Å². The minimum Gasteiger partial charge on any atom is -0.466 e. The van der Waals surface area contributed by atoms with Crippen LogP contribution >= 0.6 is 0 Å². The van der Waals surface area contributed by atoms with E-state index < -0.39 is 27.9 Å². The summed E-state index contributed by atoms with van der Waals surface area (Å²) < 4.78 is 38.9. The van der Waals surface area contributed by atoms with E-state index in [1.165, 1.54) is 29.2 Å². The van der Waals surface area contributed by atoms with Crippen LogP contribution in [-0.2, 0) is 29.1 Å². The Morgan fingerprint density at radius 3 is 2.15 bits per heavy atom. The van der Waals surface area contributed by atoms with Crippen LogP contribution in [0.15, 0.2) is 100 Å². The third-order valence-electron chi connectivity index (χ3n) is 6.64. The predicted octanol–water partition coefficient (Wildman–Crippen LogP) is 4.00. The first-order chi connectivity index (χ1) is 19.5. The van der Waals surface area contributed by atoms with E-state index in [4.69, 9.17) is 15.2 Å². The Balaban J connectivity index is 1.85. The number of hydrogen-bond acceptors (Lipinski definition) is 9. The van der Waals surface area contributed by atoms with E-state index in [-0.39, 0.29) is 33.2 Å². The van der Waals surface area contributed by atoms with Gasteiger partial charge in [-0.2, -0.15) is 5.26 Å². The van der Waals surface area contributed by atoms with Gasteiger partial charge in [0.15, 0.2) is 0 Å². The van der Waals surface area contributed by atoms with Crippen molar-refractivity contribution in [3.8, 4) is 6.07 Å². The molecule has 0 saturated carbocycles. The van der Waals surface area contributed by atoms with Crippen molar-refractivity contribution in [3.63, 3.8) is 0 Å². The Hall–Kier alpha value is -5.08. The monoisotopic (exact) mass is 572 g/mol. The first-order valence-electron chi connectivity index (χ1n) is 12.4. The summed E-state index contributed by atoms with van der Waals surface area (Å²) in [7, 11) is -1.67. The summed E-state index contributed by atoms with van der Waals surface area (Å²) in [6, 6.07) is 21.5. The van der Waals surface area contributed by atoms with Crippen molar-refractivity contribution in [2.45, 2.75) is 24.7 Å². The second kappa shape index (κ2) is 11.6. The summed E-state index contributed by atoms with van der Waals surface area (Å²) in [5.74, 6) is -2.90. The molecule has 210 valence electrons. The van der Waals surface area contributed by atoms with Crippen LogP contribution in [0.4, 0.5) is 11.4 Å². The Morgan fingerprint density at radius 1 is 0.951 bits per heavy atom. The number of aryl methyl sites for hydroxylation is 2. The summed E-state index contributed by atoms with van der Waals surface area (Å²) >= 11 is 0. The minimum atomic E-state index is -3.97. The van der Waals surface area contributed by atoms with E-state index in [9.17, 15) is 23.3 Å². The maximum absolute atomic E-state index is 13.2. The van der Waals surface area contributed by atoms with Gasteiger partial charge in [-0.25, -0.2) is 18.0 Å². The van der Waals surface area contributed by atoms with Crippen molar-refractivity contribution >= 4 is 33.3 Å². The fourth-order valence-electron chi connectivity index (χ4n) is 4.69. The second-order valence-corrected chi connectivity index (χ2v) is 10.9. The number of ether oxygens (including phenoxy) is 2. The topological polar surface area (TPSA) is 152 Å². The molecular weight excluding hydrogens is 544 g/mol. The molecule has 1 unspecified atom stereocenters. The molecule has 3 aromatic rings. The number of rotatable bonds is 7. The molecule has 1 heterocycles. The van der Waals surface area contributed by atoms with E-state index in [2.05, 4.69) is 10.8 Å². The zero-order valence-electron chi connectivity index (χ0n) is 22.8.